The maximum Gasteiger partial charge on any atom is 0.300 e. The number of para-hydroxylation sites is 1. The summed E-state index contributed by atoms with van der Waals surface area (Å²) in [4.78, 5) is 27.2. The minimum absolute atomic E-state index is 0.0984. The van der Waals surface area contributed by atoms with E-state index < -0.39 is 17.7 Å². The molecule has 0 bridgehead atoms. The first-order valence-electron chi connectivity index (χ1n) is 8.65. The van der Waals surface area contributed by atoms with Crippen molar-refractivity contribution in [1.29, 1.82) is 0 Å². The fraction of sp³-hybridized carbons (Fsp3) is 0.0435. The van der Waals surface area contributed by atoms with E-state index in [1.165, 1.54) is 4.90 Å². The molecule has 0 saturated carbocycles. The first kappa shape index (κ1) is 16.8. The van der Waals surface area contributed by atoms with E-state index >= 15 is 0 Å². The SMILES string of the molecule is O=C1C(=O)N(c2ccccc2)[C@@H](c2ccccc2)/C1=C(/O)c1ccccc1. The number of carbonyl (C=O) groups excluding carboxylic acids is 2. The number of aliphatic hydroxyl groups is 1. The second-order valence-corrected chi connectivity index (χ2v) is 6.28. The van der Waals surface area contributed by atoms with Gasteiger partial charge in [0.2, 0.25) is 0 Å². The van der Waals surface area contributed by atoms with Gasteiger partial charge in [-0.05, 0) is 17.7 Å². The summed E-state index contributed by atoms with van der Waals surface area (Å²) < 4.78 is 0. The molecule has 1 fully saturated rings. The molecule has 0 radical (unpaired) electrons. The van der Waals surface area contributed by atoms with Crippen molar-refractivity contribution in [2.75, 3.05) is 4.90 Å². The Bertz CT molecular complexity index is 1010. The number of hydrogen-bond donors (Lipinski definition) is 1. The van der Waals surface area contributed by atoms with Crippen LogP contribution in [0.2, 0.25) is 0 Å². The number of Topliss-reactive ketones (excluding diaryl/α,β-unsaturated/α-hetero) is 1. The van der Waals surface area contributed by atoms with Crippen LogP contribution in [-0.2, 0) is 9.59 Å². The maximum atomic E-state index is 12.9. The average molecular weight is 355 g/mol. The Morgan fingerprint density at radius 2 is 1.26 bits per heavy atom. The van der Waals surface area contributed by atoms with Crippen molar-refractivity contribution in [3.8, 4) is 0 Å². The maximum absolute atomic E-state index is 12.9. The van der Waals surface area contributed by atoms with Gasteiger partial charge in [-0.2, -0.15) is 0 Å². The summed E-state index contributed by atoms with van der Waals surface area (Å²) in [5.41, 5.74) is 1.98. The molecule has 0 spiro atoms. The molecule has 1 atom stereocenters. The molecule has 3 aromatic carbocycles. The Labute approximate surface area is 157 Å². The Kier molecular flexibility index (Phi) is 4.30. The summed E-state index contributed by atoms with van der Waals surface area (Å²) in [6.07, 6.45) is 0. The third-order valence-corrected chi connectivity index (χ3v) is 4.64. The van der Waals surface area contributed by atoms with Crippen LogP contribution < -0.4 is 4.90 Å². The molecule has 0 aliphatic carbocycles. The lowest BCUT2D eigenvalue weighted by atomic mass is 9.95. The van der Waals surface area contributed by atoms with E-state index in [4.69, 9.17) is 0 Å². The van der Waals surface area contributed by atoms with E-state index in [1.807, 2.05) is 54.6 Å². The summed E-state index contributed by atoms with van der Waals surface area (Å²) >= 11 is 0. The van der Waals surface area contributed by atoms with Gasteiger partial charge in [-0.3, -0.25) is 14.5 Å². The van der Waals surface area contributed by atoms with Crippen molar-refractivity contribution in [1.82, 2.24) is 0 Å². The molecular weight excluding hydrogens is 338 g/mol. The predicted octanol–water partition coefficient (Wildman–Crippen LogP) is 4.31. The van der Waals surface area contributed by atoms with Gasteiger partial charge in [0.15, 0.2) is 0 Å². The monoisotopic (exact) mass is 355 g/mol. The standard InChI is InChI=1S/C23H17NO3/c25-21(17-12-6-2-7-13-17)19-20(16-10-4-1-5-11-16)24(23(27)22(19)26)18-14-8-3-9-15-18/h1-15,20,25H/b21-19-/t20-/m0/s1. The lowest BCUT2D eigenvalue weighted by Crippen LogP contribution is -2.29. The molecule has 27 heavy (non-hydrogen) atoms. The summed E-state index contributed by atoms with van der Waals surface area (Å²) in [6.45, 7) is 0. The molecule has 4 heteroatoms. The quantitative estimate of drug-likeness (QED) is 0.433. The Morgan fingerprint density at radius 3 is 1.85 bits per heavy atom. The number of anilines is 1. The molecule has 0 unspecified atom stereocenters. The highest BCUT2D eigenvalue weighted by Crippen LogP contribution is 2.41. The number of amides is 1. The molecule has 1 N–H and O–H groups in total. The van der Waals surface area contributed by atoms with Crippen LogP contribution in [0.1, 0.15) is 17.2 Å². The summed E-state index contributed by atoms with van der Waals surface area (Å²) in [5, 5.41) is 10.9. The fourth-order valence-corrected chi connectivity index (χ4v) is 3.39. The van der Waals surface area contributed by atoms with Gasteiger partial charge < -0.3 is 5.11 Å². The minimum Gasteiger partial charge on any atom is -0.507 e. The highest BCUT2D eigenvalue weighted by atomic mass is 16.3. The van der Waals surface area contributed by atoms with Crippen molar-refractivity contribution in [2.45, 2.75) is 6.04 Å². The first-order chi connectivity index (χ1) is 13.2. The molecule has 132 valence electrons. The average Bonchev–Trinajstić information content (AvgIpc) is 3.00. The summed E-state index contributed by atoms with van der Waals surface area (Å²) in [5.74, 6) is -1.50. The zero-order valence-corrected chi connectivity index (χ0v) is 14.4. The van der Waals surface area contributed by atoms with Gasteiger partial charge in [0.25, 0.3) is 11.7 Å². The van der Waals surface area contributed by atoms with Crippen LogP contribution in [0.15, 0.2) is 96.6 Å². The van der Waals surface area contributed by atoms with Crippen LogP contribution in [0, 0.1) is 0 Å². The van der Waals surface area contributed by atoms with Crippen LogP contribution in [0.3, 0.4) is 0 Å². The van der Waals surface area contributed by atoms with E-state index in [0.717, 1.165) is 5.56 Å². The minimum atomic E-state index is -0.686. The zero-order valence-electron chi connectivity index (χ0n) is 14.4. The molecule has 4 nitrogen and oxygen atoms in total. The highest BCUT2D eigenvalue weighted by molar-refractivity contribution is 6.51. The molecule has 1 aliphatic heterocycles. The number of nitrogens with zero attached hydrogens (tertiary/aromatic N) is 1. The van der Waals surface area contributed by atoms with Crippen molar-refractivity contribution >= 4 is 23.1 Å². The van der Waals surface area contributed by atoms with Gasteiger partial charge in [-0.25, -0.2) is 0 Å². The summed E-state index contributed by atoms with van der Waals surface area (Å²) in [7, 11) is 0. The second kappa shape index (κ2) is 6.92. The van der Waals surface area contributed by atoms with Gasteiger partial charge in [-0.1, -0.05) is 78.9 Å². The van der Waals surface area contributed by atoms with Crippen molar-refractivity contribution < 1.29 is 14.7 Å². The lowest BCUT2D eigenvalue weighted by Gasteiger charge is -2.25. The molecule has 1 saturated heterocycles. The second-order valence-electron chi connectivity index (χ2n) is 6.28. The van der Waals surface area contributed by atoms with E-state index in [0.29, 0.717) is 11.3 Å². The Morgan fingerprint density at radius 1 is 0.741 bits per heavy atom. The van der Waals surface area contributed by atoms with Gasteiger partial charge in [0, 0.05) is 11.3 Å². The third kappa shape index (κ3) is 2.91. The smallest absolute Gasteiger partial charge is 0.300 e. The van der Waals surface area contributed by atoms with Gasteiger partial charge in [-0.15, -0.1) is 0 Å². The molecule has 4 rings (SSSR count). The van der Waals surface area contributed by atoms with Gasteiger partial charge in [0.1, 0.15) is 5.76 Å². The topological polar surface area (TPSA) is 57.6 Å². The normalized spacial score (nSPS) is 18.7. The zero-order chi connectivity index (χ0) is 18.8. The molecule has 0 aromatic heterocycles. The molecule has 1 amide bonds. The fourth-order valence-electron chi connectivity index (χ4n) is 3.39. The van der Waals surface area contributed by atoms with Crippen LogP contribution in [0.25, 0.3) is 5.76 Å². The molecule has 3 aromatic rings. The van der Waals surface area contributed by atoms with Crippen LogP contribution in [-0.4, -0.2) is 16.8 Å². The summed E-state index contributed by atoms with van der Waals surface area (Å²) in [6, 6.07) is 26.4. The molecule has 1 heterocycles. The molecule has 1 aliphatic rings. The number of ketones is 1. The first-order valence-corrected chi connectivity index (χ1v) is 8.65. The Hall–Kier alpha value is -3.66. The molecular formula is C23H17NO3. The van der Waals surface area contributed by atoms with E-state index in [-0.39, 0.29) is 11.3 Å². The Balaban J connectivity index is 1.95. The van der Waals surface area contributed by atoms with Crippen molar-refractivity contribution in [2.24, 2.45) is 0 Å². The van der Waals surface area contributed by atoms with E-state index in [2.05, 4.69) is 0 Å². The number of carbonyl (C=O) groups is 2. The third-order valence-electron chi connectivity index (χ3n) is 4.64. The lowest BCUT2D eigenvalue weighted by molar-refractivity contribution is -0.132. The van der Waals surface area contributed by atoms with Crippen molar-refractivity contribution in [3.05, 3.63) is 108 Å². The predicted molar refractivity (Wildman–Crippen MR) is 104 cm³/mol. The number of benzene rings is 3. The highest BCUT2D eigenvalue weighted by Gasteiger charge is 2.46. The van der Waals surface area contributed by atoms with Crippen LogP contribution in [0.4, 0.5) is 5.69 Å². The number of rotatable bonds is 3. The largest absolute Gasteiger partial charge is 0.507 e. The number of aliphatic hydroxyl groups excluding tert-OH is 1. The van der Waals surface area contributed by atoms with Crippen molar-refractivity contribution in [3.63, 3.8) is 0 Å². The van der Waals surface area contributed by atoms with E-state index in [1.54, 1.807) is 36.4 Å². The van der Waals surface area contributed by atoms with Crippen LogP contribution >= 0.6 is 0 Å². The van der Waals surface area contributed by atoms with Gasteiger partial charge >= 0.3 is 0 Å². The van der Waals surface area contributed by atoms with Gasteiger partial charge in [0.05, 0.1) is 11.6 Å². The number of hydrogen-bond acceptors (Lipinski definition) is 3. The van der Waals surface area contributed by atoms with Crippen LogP contribution in [0.5, 0.6) is 0 Å². The van der Waals surface area contributed by atoms with E-state index in [9.17, 15) is 14.7 Å².